The molecule has 0 bridgehead atoms. The first-order valence-corrected chi connectivity index (χ1v) is 10.3. The molecule has 2 aliphatic heterocycles. The number of carbonyl (C=O) groups excluding carboxylic acids is 1. The molecule has 2 aliphatic rings. The van der Waals surface area contributed by atoms with Gasteiger partial charge in [0.2, 0.25) is 5.91 Å². The molecule has 2 atom stereocenters. The van der Waals surface area contributed by atoms with Crippen LogP contribution in [0.1, 0.15) is 56.4 Å². The number of amides is 1. The fraction of sp³-hybridized carbons (Fsp3) is 0.737. The zero-order chi connectivity index (χ0) is 16.8. The van der Waals surface area contributed by atoms with Crippen LogP contribution >= 0.6 is 11.3 Å². The highest BCUT2D eigenvalue weighted by molar-refractivity contribution is 7.10. The molecule has 3 heterocycles. The molecule has 0 spiro atoms. The average Bonchev–Trinajstić information content (AvgIpc) is 3.28. The summed E-state index contributed by atoms with van der Waals surface area (Å²) >= 11 is 1.80. The van der Waals surface area contributed by atoms with Crippen molar-refractivity contribution in [2.45, 2.75) is 57.6 Å². The molecule has 1 N–H and O–H groups in total. The first-order chi connectivity index (χ1) is 11.7. The molecule has 1 aromatic heterocycles. The Morgan fingerprint density at radius 3 is 2.92 bits per heavy atom. The van der Waals surface area contributed by atoms with Gasteiger partial charge in [-0.05, 0) is 62.6 Å². The molecule has 2 fully saturated rings. The maximum Gasteiger partial charge on any atom is 0.220 e. The second-order valence-corrected chi connectivity index (χ2v) is 8.21. The predicted molar refractivity (Wildman–Crippen MR) is 98.2 cm³/mol. The third kappa shape index (κ3) is 5.04. The summed E-state index contributed by atoms with van der Waals surface area (Å²) < 4.78 is 5.61. The molecule has 134 valence electrons. The summed E-state index contributed by atoms with van der Waals surface area (Å²) in [5.41, 5.74) is 0. The molecular weight excluding hydrogens is 320 g/mol. The van der Waals surface area contributed by atoms with Gasteiger partial charge in [-0.3, -0.25) is 9.69 Å². The summed E-state index contributed by atoms with van der Waals surface area (Å²) in [5, 5.41) is 5.31. The minimum absolute atomic E-state index is 0.164. The first kappa shape index (κ1) is 17.9. The van der Waals surface area contributed by atoms with E-state index < -0.39 is 0 Å². The van der Waals surface area contributed by atoms with Crippen molar-refractivity contribution < 1.29 is 9.53 Å². The monoisotopic (exact) mass is 350 g/mol. The Kier molecular flexibility index (Phi) is 6.69. The van der Waals surface area contributed by atoms with Gasteiger partial charge in [0, 0.05) is 24.4 Å². The van der Waals surface area contributed by atoms with Crippen LogP contribution in [0.4, 0.5) is 0 Å². The van der Waals surface area contributed by atoms with Crippen molar-refractivity contribution >= 4 is 17.2 Å². The lowest BCUT2D eigenvalue weighted by Crippen LogP contribution is -2.41. The Bertz CT molecular complexity index is 491. The molecule has 0 saturated carbocycles. The highest BCUT2D eigenvalue weighted by atomic mass is 32.1. The molecule has 2 saturated heterocycles. The van der Waals surface area contributed by atoms with E-state index in [4.69, 9.17) is 4.74 Å². The zero-order valence-corrected chi connectivity index (χ0v) is 15.5. The van der Waals surface area contributed by atoms with Crippen molar-refractivity contribution in [2.24, 2.45) is 5.92 Å². The van der Waals surface area contributed by atoms with E-state index in [1.54, 1.807) is 11.3 Å². The number of hydrogen-bond donors (Lipinski definition) is 1. The van der Waals surface area contributed by atoms with Gasteiger partial charge >= 0.3 is 0 Å². The number of carbonyl (C=O) groups is 1. The highest BCUT2D eigenvalue weighted by Crippen LogP contribution is 2.29. The third-order valence-electron chi connectivity index (χ3n) is 5.34. The minimum atomic E-state index is 0.164. The van der Waals surface area contributed by atoms with E-state index >= 15 is 0 Å². The molecule has 5 heteroatoms. The summed E-state index contributed by atoms with van der Waals surface area (Å²) in [6.45, 7) is 6.19. The van der Waals surface area contributed by atoms with Crippen molar-refractivity contribution in [2.75, 3.05) is 26.2 Å². The SMILES string of the molecule is CC1CCN(C(CNC(=O)CCC2CCCO2)c2cccs2)CC1. The largest absolute Gasteiger partial charge is 0.378 e. The number of likely N-dealkylation sites (tertiary alicyclic amines) is 1. The molecule has 3 rings (SSSR count). The van der Waals surface area contributed by atoms with Gasteiger partial charge in [-0.15, -0.1) is 11.3 Å². The Balaban J connectivity index is 1.49. The van der Waals surface area contributed by atoms with Crippen LogP contribution in [0, 0.1) is 5.92 Å². The van der Waals surface area contributed by atoms with Crippen LogP contribution in [0.25, 0.3) is 0 Å². The second kappa shape index (κ2) is 8.97. The Morgan fingerprint density at radius 1 is 1.42 bits per heavy atom. The van der Waals surface area contributed by atoms with Crippen molar-refractivity contribution in [3.05, 3.63) is 22.4 Å². The smallest absolute Gasteiger partial charge is 0.220 e. The fourth-order valence-corrected chi connectivity index (χ4v) is 4.55. The number of piperidine rings is 1. The maximum atomic E-state index is 12.2. The van der Waals surface area contributed by atoms with Crippen molar-refractivity contribution in [3.8, 4) is 0 Å². The molecule has 1 amide bonds. The van der Waals surface area contributed by atoms with Crippen LogP contribution < -0.4 is 5.32 Å². The standard InChI is InChI=1S/C19H30N2O2S/c1-15-8-10-21(11-9-15)17(18-5-3-13-24-18)14-20-19(22)7-6-16-4-2-12-23-16/h3,5,13,15-17H,2,4,6-12,14H2,1H3,(H,20,22). The summed E-state index contributed by atoms with van der Waals surface area (Å²) in [5.74, 6) is 0.990. The number of hydrogen-bond acceptors (Lipinski definition) is 4. The summed E-state index contributed by atoms with van der Waals surface area (Å²) in [4.78, 5) is 16.1. The van der Waals surface area contributed by atoms with E-state index in [2.05, 4.69) is 34.7 Å². The normalized spacial score (nSPS) is 24.1. The Morgan fingerprint density at radius 2 is 2.25 bits per heavy atom. The average molecular weight is 351 g/mol. The molecule has 0 radical (unpaired) electrons. The molecule has 0 aliphatic carbocycles. The number of ether oxygens (including phenoxy) is 1. The number of nitrogens with one attached hydrogen (secondary N) is 1. The Hall–Kier alpha value is -0.910. The van der Waals surface area contributed by atoms with Crippen LogP contribution in [0.15, 0.2) is 17.5 Å². The van der Waals surface area contributed by atoms with Gasteiger partial charge in [0.25, 0.3) is 0 Å². The lowest BCUT2D eigenvalue weighted by atomic mass is 9.97. The van der Waals surface area contributed by atoms with Crippen LogP contribution in [0.2, 0.25) is 0 Å². The van der Waals surface area contributed by atoms with Gasteiger partial charge in [-0.1, -0.05) is 13.0 Å². The lowest BCUT2D eigenvalue weighted by Gasteiger charge is -2.36. The number of rotatable bonds is 7. The van der Waals surface area contributed by atoms with Crippen molar-refractivity contribution in [1.82, 2.24) is 10.2 Å². The quantitative estimate of drug-likeness (QED) is 0.817. The van der Waals surface area contributed by atoms with Crippen molar-refractivity contribution in [1.29, 1.82) is 0 Å². The van der Waals surface area contributed by atoms with Gasteiger partial charge in [0.1, 0.15) is 0 Å². The van der Waals surface area contributed by atoms with Crippen LogP contribution in [0.3, 0.4) is 0 Å². The highest BCUT2D eigenvalue weighted by Gasteiger charge is 2.26. The van der Waals surface area contributed by atoms with E-state index in [9.17, 15) is 4.79 Å². The Labute approximate surface area is 149 Å². The molecule has 2 unspecified atom stereocenters. The van der Waals surface area contributed by atoms with Crippen LogP contribution in [0.5, 0.6) is 0 Å². The molecule has 4 nitrogen and oxygen atoms in total. The second-order valence-electron chi connectivity index (χ2n) is 7.23. The van der Waals surface area contributed by atoms with Crippen molar-refractivity contribution in [3.63, 3.8) is 0 Å². The van der Waals surface area contributed by atoms with E-state index in [0.29, 0.717) is 18.6 Å². The molecule has 24 heavy (non-hydrogen) atoms. The zero-order valence-electron chi connectivity index (χ0n) is 14.7. The molecular formula is C19H30N2O2S. The minimum Gasteiger partial charge on any atom is -0.378 e. The van der Waals surface area contributed by atoms with Gasteiger partial charge < -0.3 is 10.1 Å². The topological polar surface area (TPSA) is 41.6 Å². The third-order valence-corrected chi connectivity index (χ3v) is 6.31. The van der Waals surface area contributed by atoms with E-state index in [0.717, 1.165) is 51.4 Å². The maximum absolute atomic E-state index is 12.2. The summed E-state index contributed by atoms with van der Waals surface area (Å²) in [6, 6.07) is 4.63. The van der Waals surface area contributed by atoms with E-state index in [1.165, 1.54) is 17.7 Å². The van der Waals surface area contributed by atoms with Crippen LogP contribution in [-0.2, 0) is 9.53 Å². The summed E-state index contributed by atoms with van der Waals surface area (Å²) in [6.07, 6.45) is 6.50. The van der Waals surface area contributed by atoms with Gasteiger partial charge in [-0.25, -0.2) is 0 Å². The summed E-state index contributed by atoms with van der Waals surface area (Å²) in [7, 11) is 0. The number of thiophene rings is 1. The fourth-order valence-electron chi connectivity index (χ4n) is 3.69. The molecule has 0 aromatic carbocycles. The van der Waals surface area contributed by atoms with Gasteiger partial charge in [-0.2, -0.15) is 0 Å². The van der Waals surface area contributed by atoms with E-state index in [-0.39, 0.29) is 5.91 Å². The van der Waals surface area contributed by atoms with E-state index in [1.807, 2.05) is 0 Å². The lowest BCUT2D eigenvalue weighted by molar-refractivity contribution is -0.122. The first-order valence-electron chi connectivity index (χ1n) is 9.38. The number of nitrogens with zero attached hydrogens (tertiary/aromatic N) is 1. The van der Waals surface area contributed by atoms with Crippen LogP contribution in [-0.4, -0.2) is 43.2 Å². The molecule has 1 aromatic rings. The van der Waals surface area contributed by atoms with Gasteiger partial charge in [0.15, 0.2) is 0 Å². The van der Waals surface area contributed by atoms with Gasteiger partial charge in [0.05, 0.1) is 12.1 Å². The predicted octanol–water partition coefficient (Wildman–Crippen LogP) is 3.60.